The molecule has 0 aliphatic carbocycles. The average molecular weight is 267 g/mol. The summed E-state index contributed by atoms with van der Waals surface area (Å²) in [7, 11) is -4.08. The molecule has 0 heterocycles. The van der Waals surface area contributed by atoms with Crippen molar-refractivity contribution in [2.45, 2.75) is 4.90 Å². The van der Waals surface area contributed by atoms with Crippen molar-refractivity contribution in [3.05, 3.63) is 54.6 Å². The largest absolute Gasteiger partial charge is 0.508 e. The molecule has 0 radical (unpaired) electrons. The summed E-state index contributed by atoms with van der Waals surface area (Å²) in [5.74, 6) is 0.322. The maximum absolute atomic E-state index is 10.5. The lowest BCUT2D eigenvalue weighted by molar-refractivity contribution is 0.475. The number of benzene rings is 2. The molecular weight excluding hydrogens is 254 g/mol. The summed E-state index contributed by atoms with van der Waals surface area (Å²) in [4.78, 5) is -0.147. The molecule has 0 aliphatic rings. The zero-order chi connectivity index (χ0) is 13.6. The van der Waals surface area contributed by atoms with Crippen molar-refractivity contribution < 1.29 is 18.1 Å². The van der Waals surface area contributed by atoms with Crippen molar-refractivity contribution in [2.24, 2.45) is 0 Å². The summed E-state index contributed by atoms with van der Waals surface area (Å²) in [6.45, 7) is 0. The average Bonchev–Trinajstić information content (AvgIpc) is 2.30. The smallest absolute Gasteiger partial charge is 0.294 e. The van der Waals surface area contributed by atoms with Gasteiger partial charge in [0.2, 0.25) is 0 Å². The van der Waals surface area contributed by atoms with Crippen molar-refractivity contribution in [1.82, 2.24) is 0 Å². The van der Waals surface area contributed by atoms with Gasteiger partial charge in [-0.1, -0.05) is 18.2 Å². The molecule has 0 unspecified atom stereocenters. The van der Waals surface area contributed by atoms with Crippen LogP contribution in [-0.2, 0) is 10.1 Å². The summed E-state index contributed by atoms with van der Waals surface area (Å²) in [6.07, 6.45) is 0. The van der Waals surface area contributed by atoms with E-state index < -0.39 is 10.1 Å². The maximum atomic E-state index is 10.5. The van der Waals surface area contributed by atoms with Gasteiger partial charge in [0.15, 0.2) is 0 Å². The van der Waals surface area contributed by atoms with Gasteiger partial charge >= 0.3 is 0 Å². The highest BCUT2D eigenvalue weighted by atomic mass is 32.2. The third kappa shape index (κ3) is 4.86. The molecule has 0 aromatic heterocycles. The topological polar surface area (TPSA) is 101 Å². The zero-order valence-electron chi connectivity index (χ0n) is 9.39. The Morgan fingerprint density at radius 1 is 0.889 bits per heavy atom. The number of nitrogens with two attached hydrogens (primary N) is 1. The summed E-state index contributed by atoms with van der Waals surface area (Å²) < 4.78 is 29.4. The third-order valence-corrected chi connectivity index (χ3v) is 2.80. The van der Waals surface area contributed by atoms with Crippen LogP contribution in [0.4, 0.5) is 5.69 Å². The molecular formula is C12H13NO4S. The lowest BCUT2D eigenvalue weighted by Crippen LogP contribution is -1.97. The van der Waals surface area contributed by atoms with E-state index in [-0.39, 0.29) is 4.90 Å². The number of aromatic hydroxyl groups is 1. The molecule has 5 nitrogen and oxygen atoms in total. The second-order valence-corrected chi connectivity index (χ2v) is 4.80. The van der Waals surface area contributed by atoms with Crippen LogP contribution in [0, 0.1) is 0 Å². The summed E-state index contributed by atoms with van der Waals surface area (Å²) in [6, 6.07) is 14.0. The zero-order valence-corrected chi connectivity index (χ0v) is 10.2. The van der Waals surface area contributed by atoms with Gasteiger partial charge in [-0.05, 0) is 36.4 Å². The van der Waals surface area contributed by atoms with E-state index in [2.05, 4.69) is 0 Å². The lowest BCUT2D eigenvalue weighted by Gasteiger charge is -1.95. The molecule has 2 aromatic carbocycles. The molecule has 0 atom stereocenters. The van der Waals surface area contributed by atoms with Crippen molar-refractivity contribution in [3.8, 4) is 5.75 Å². The molecule has 2 rings (SSSR count). The van der Waals surface area contributed by atoms with Crippen molar-refractivity contribution in [1.29, 1.82) is 0 Å². The standard InChI is InChI=1S/C6H7NO3S.C6H6O/c7-5-1-3-6(4-2-5)11(8,9)10;7-6-4-2-1-3-5-6/h1-4H,7H2,(H,8,9,10);1-5,7H. The predicted octanol–water partition coefficient (Wildman–Crippen LogP) is 1.91. The molecule has 96 valence electrons. The van der Waals surface area contributed by atoms with Crippen LogP contribution in [0.2, 0.25) is 0 Å². The van der Waals surface area contributed by atoms with Crippen LogP contribution in [-0.4, -0.2) is 18.1 Å². The number of nitrogen functional groups attached to an aromatic ring is 1. The van der Waals surface area contributed by atoms with Crippen molar-refractivity contribution >= 4 is 15.8 Å². The van der Waals surface area contributed by atoms with Crippen LogP contribution >= 0.6 is 0 Å². The van der Waals surface area contributed by atoms with E-state index in [9.17, 15) is 8.42 Å². The maximum Gasteiger partial charge on any atom is 0.294 e. The molecule has 6 heteroatoms. The van der Waals surface area contributed by atoms with Crippen LogP contribution < -0.4 is 5.73 Å². The summed E-state index contributed by atoms with van der Waals surface area (Å²) in [5.41, 5.74) is 5.75. The SMILES string of the molecule is Nc1ccc(S(=O)(=O)O)cc1.Oc1ccccc1. The first kappa shape index (κ1) is 14.0. The fourth-order valence-corrected chi connectivity index (χ4v) is 1.55. The quantitative estimate of drug-likeness (QED) is 0.541. The molecule has 0 amide bonds. The predicted molar refractivity (Wildman–Crippen MR) is 68.8 cm³/mol. The van der Waals surface area contributed by atoms with E-state index in [1.54, 1.807) is 24.3 Å². The highest BCUT2D eigenvalue weighted by Crippen LogP contribution is 2.10. The number of para-hydroxylation sites is 1. The van der Waals surface area contributed by atoms with E-state index in [1.807, 2.05) is 6.07 Å². The molecule has 2 aromatic rings. The number of phenols is 1. The molecule has 0 saturated carbocycles. The molecule has 18 heavy (non-hydrogen) atoms. The van der Waals surface area contributed by atoms with E-state index in [0.29, 0.717) is 11.4 Å². The second-order valence-electron chi connectivity index (χ2n) is 3.38. The van der Waals surface area contributed by atoms with E-state index in [4.69, 9.17) is 15.4 Å². The summed E-state index contributed by atoms with van der Waals surface area (Å²) in [5, 5.41) is 8.63. The van der Waals surface area contributed by atoms with Gasteiger partial charge in [-0.2, -0.15) is 8.42 Å². The third-order valence-electron chi connectivity index (χ3n) is 1.93. The molecule has 0 saturated heterocycles. The van der Waals surface area contributed by atoms with Gasteiger partial charge in [0.05, 0.1) is 4.90 Å². The number of phenolic OH excluding ortho intramolecular Hbond substituents is 1. The Bertz CT molecular complexity index is 579. The molecule has 0 fully saturated rings. The highest BCUT2D eigenvalue weighted by Gasteiger charge is 2.06. The molecule has 0 spiro atoms. The van der Waals surface area contributed by atoms with Crippen LogP contribution in [0.25, 0.3) is 0 Å². The van der Waals surface area contributed by atoms with Gasteiger partial charge in [0.25, 0.3) is 10.1 Å². The minimum Gasteiger partial charge on any atom is -0.508 e. The first-order valence-corrected chi connectivity index (χ1v) is 6.40. The van der Waals surface area contributed by atoms with Crippen LogP contribution in [0.1, 0.15) is 0 Å². The fraction of sp³-hybridized carbons (Fsp3) is 0. The Morgan fingerprint density at radius 2 is 1.39 bits per heavy atom. The van der Waals surface area contributed by atoms with Gasteiger partial charge in [0.1, 0.15) is 5.75 Å². The van der Waals surface area contributed by atoms with Crippen molar-refractivity contribution in [3.63, 3.8) is 0 Å². The van der Waals surface area contributed by atoms with Crippen LogP contribution in [0.15, 0.2) is 59.5 Å². The first-order valence-electron chi connectivity index (χ1n) is 4.96. The molecule has 4 N–H and O–H groups in total. The van der Waals surface area contributed by atoms with Crippen LogP contribution in [0.5, 0.6) is 5.75 Å². The number of hydrogen-bond donors (Lipinski definition) is 3. The second kappa shape index (κ2) is 6.04. The number of hydrogen-bond acceptors (Lipinski definition) is 4. The highest BCUT2D eigenvalue weighted by molar-refractivity contribution is 7.85. The van der Waals surface area contributed by atoms with Gasteiger partial charge in [-0.15, -0.1) is 0 Å². The van der Waals surface area contributed by atoms with Crippen molar-refractivity contribution in [2.75, 3.05) is 5.73 Å². The number of anilines is 1. The van der Waals surface area contributed by atoms with Gasteiger partial charge in [-0.3, -0.25) is 4.55 Å². The Balaban J connectivity index is 0.000000199. The minimum atomic E-state index is -4.08. The lowest BCUT2D eigenvalue weighted by atomic mass is 10.3. The van der Waals surface area contributed by atoms with E-state index in [1.165, 1.54) is 24.3 Å². The first-order chi connectivity index (χ1) is 8.39. The van der Waals surface area contributed by atoms with E-state index in [0.717, 1.165) is 0 Å². The number of rotatable bonds is 1. The molecule has 0 bridgehead atoms. The Kier molecular flexibility index (Phi) is 4.70. The Morgan fingerprint density at radius 3 is 1.72 bits per heavy atom. The minimum absolute atomic E-state index is 0.147. The normalized spacial score (nSPS) is 10.3. The fourth-order valence-electron chi connectivity index (χ4n) is 1.07. The van der Waals surface area contributed by atoms with Crippen LogP contribution in [0.3, 0.4) is 0 Å². The van der Waals surface area contributed by atoms with Gasteiger partial charge < -0.3 is 10.8 Å². The van der Waals surface area contributed by atoms with E-state index >= 15 is 0 Å². The van der Waals surface area contributed by atoms with Gasteiger partial charge in [0, 0.05) is 5.69 Å². The molecule has 0 aliphatic heterocycles. The van der Waals surface area contributed by atoms with Gasteiger partial charge in [-0.25, -0.2) is 0 Å². The summed E-state index contributed by atoms with van der Waals surface area (Å²) >= 11 is 0. The Labute approximate surface area is 105 Å². The monoisotopic (exact) mass is 267 g/mol. The Hall–Kier alpha value is -2.05.